The first-order valence-electron chi connectivity index (χ1n) is 3.94. The second-order valence-corrected chi connectivity index (χ2v) is 3.43. The summed E-state index contributed by atoms with van der Waals surface area (Å²) in [6.45, 7) is 0. The predicted octanol–water partition coefficient (Wildman–Crippen LogP) is 2.25. The van der Waals surface area contributed by atoms with Crippen LogP contribution in [0.1, 0.15) is 0 Å². The summed E-state index contributed by atoms with van der Waals surface area (Å²) in [4.78, 5) is 9.60. The molecule has 0 aliphatic heterocycles. The van der Waals surface area contributed by atoms with Crippen molar-refractivity contribution >= 4 is 17.2 Å². The molecule has 0 aliphatic rings. The molecule has 0 aliphatic carbocycles. The molecule has 0 saturated carbocycles. The van der Waals surface area contributed by atoms with E-state index in [1.165, 1.54) is 0 Å². The van der Waals surface area contributed by atoms with E-state index in [0.29, 0.717) is 0 Å². The lowest BCUT2D eigenvalue weighted by Gasteiger charge is -2.03. The van der Waals surface area contributed by atoms with Crippen LogP contribution in [0, 0.1) is 0 Å². The third-order valence-electron chi connectivity index (χ3n) is 1.69. The molecule has 0 fully saturated rings. The van der Waals surface area contributed by atoms with Crippen LogP contribution in [0.5, 0.6) is 0 Å². The van der Waals surface area contributed by atoms with Gasteiger partial charge in [0, 0.05) is 19.4 Å². The number of thiophene rings is 1. The van der Waals surface area contributed by atoms with Crippen molar-refractivity contribution in [3.63, 3.8) is 0 Å². The maximum absolute atomic E-state index is 4.28. The fourth-order valence-electron chi connectivity index (χ4n) is 1.11. The molecule has 0 radical (unpaired) electrons. The van der Waals surface area contributed by atoms with E-state index in [2.05, 4.69) is 15.3 Å². The third-order valence-corrected chi connectivity index (χ3v) is 2.57. The minimum atomic E-state index is 0.824. The van der Waals surface area contributed by atoms with E-state index in [1.807, 2.05) is 24.6 Å². The molecule has 2 aromatic rings. The molecule has 2 aromatic heterocycles. The number of hydrogen-bond acceptors (Lipinski definition) is 4. The average Bonchev–Trinajstić information content (AvgIpc) is 2.70. The lowest BCUT2D eigenvalue weighted by Crippen LogP contribution is -1.95. The van der Waals surface area contributed by atoms with Crippen LogP contribution in [0.25, 0.3) is 10.6 Å². The molecule has 13 heavy (non-hydrogen) atoms. The molecule has 0 unspecified atom stereocenters. The van der Waals surface area contributed by atoms with Gasteiger partial charge in [-0.25, -0.2) is 9.97 Å². The van der Waals surface area contributed by atoms with Crippen LogP contribution in [-0.4, -0.2) is 17.0 Å². The summed E-state index contributed by atoms with van der Waals surface area (Å²) in [6, 6.07) is 4.05. The smallest absolute Gasteiger partial charge is 0.153 e. The van der Waals surface area contributed by atoms with Crippen molar-refractivity contribution in [3.05, 3.63) is 29.9 Å². The van der Waals surface area contributed by atoms with Gasteiger partial charge in [0.2, 0.25) is 0 Å². The standard InChI is InChI=1S/C9H9N3S/c1-10-9-8(11-4-5-12-9)7-3-2-6-13-7/h2-6H,1H3,(H,10,12). The van der Waals surface area contributed by atoms with Gasteiger partial charge in [-0.15, -0.1) is 11.3 Å². The van der Waals surface area contributed by atoms with E-state index in [0.717, 1.165) is 16.4 Å². The molecular formula is C9H9N3S. The van der Waals surface area contributed by atoms with Crippen molar-refractivity contribution in [3.8, 4) is 10.6 Å². The highest BCUT2D eigenvalue weighted by Gasteiger charge is 2.05. The summed E-state index contributed by atoms with van der Waals surface area (Å²) in [7, 11) is 1.85. The van der Waals surface area contributed by atoms with E-state index in [-0.39, 0.29) is 0 Å². The van der Waals surface area contributed by atoms with E-state index in [9.17, 15) is 0 Å². The van der Waals surface area contributed by atoms with Gasteiger partial charge in [0.15, 0.2) is 5.82 Å². The van der Waals surface area contributed by atoms with Crippen LogP contribution >= 0.6 is 11.3 Å². The topological polar surface area (TPSA) is 37.8 Å². The Morgan fingerprint density at radius 3 is 2.85 bits per heavy atom. The van der Waals surface area contributed by atoms with Crippen LogP contribution in [0.15, 0.2) is 29.9 Å². The SMILES string of the molecule is CNc1nccnc1-c1cccs1. The van der Waals surface area contributed by atoms with Crippen molar-refractivity contribution in [2.24, 2.45) is 0 Å². The quantitative estimate of drug-likeness (QED) is 0.791. The molecular weight excluding hydrogens is 182 g/mol. The Kier molecular flexibility index (Phi) is 2.23. The Hall–Kier alpha value is -1.42. The molecule has 0 saturated heterocycles. The molecule has 0 aromatic carbocycles. The molecule has 0 atom stereocenters. The van der Waals surface area contributed by atoms with Gasteiger partial charge in [-0.05, 0) is 11.4 Å². The Labute approximate surface area is 80.5 Å². The molecule has 3 nitrogen and oxygen atoms in total. The van der Waals surface area contributed by atoms with Crippen molar-refractivity contribution in [2.45, 2.75) is 0 Å². The molecule has 0 bridgehead atoms. The normalized spacial score (nSPS) is 9.92. The summed E-state index contributed by atoms with van der Waals surface area (Å²) in [5, 5.41) is 5.05. The van der Waals surface area contributed by atoms with Gasteiger partial charge in [-0.2, -0.15) is 0 Å². The Morgan fingerprint density at radius 1 is 1.31 bits per heavy atom. The number of nitrogens with zero attached hydrogens (tertiary/aromatic N) is 2. The third kappa shape index (κ3) is 1.53. The summed E-state index contributed by atoms with van der Waals surface area (Å²) >= 11 is 1.66. The van der Waals surface area contributed by atoms with Gasteiger partial charge < -0.3 is 5.32 Å². The second kappa shape index (κ2) is 3.53. The Bertz CT molecular complexity index is 384. The zero-order chi connectivity index (χ0) is 9.10. The van der Waals surface area contributed by atoms with Crippen LogP contribution in [-0.2, 0) is 0 Å². The van der Waals surface area contributed by atoms with Crippen molar-refractivity contribution in [2.75, 3.05) is 12.4 Å². The van der Waals surface area contributed by atoms with E-state index in [1.54, 1.807) is 23.7 Å². The van der Waals surface area contributed by atoms with Crippen LogP contribution in [0.2, 0.25) is 0 Å². The van der Waals surface area contributed by atoms with E-state index < -0.39 is 0 Å². The van der Waals surface area contributed by atoms with Gasteiger partial charge in [-0.1, -0.05) is 6.07 Å². The van der Waals surface area contributed by atoms with Gasteiger partial charge in [0.25, 0.3) is 0 Å². The summed E-state index contributed by atoms with van der Waals surface area (Å²) in [5.74, 6) is 0.824. The molecule has 1 N–H and O–H groups in total. The van der Waals surface area contributed by atoms with Crippen molar-refractivity contribution in [1.29, 1.82) is 0 Å². The summed E-state index contributed by atoms with van der Waals surface area (Å²) < 4.78 is 0. The number of nitrogens with one attached hydrogen (secondary N) is 1. The van der Waals surface area contributed by atoms with E-state index >= 15 is 0 Å². The zero-order valence-electron chi connectivity index (χ0n) is 7.19. The minimum Gasteiger partial charge on any atom is -0.371 e. The number of anilines is 1. The number of aromatic nitrogens is 2. The molecule has 0 amide bonds. The van der Waals surface area contributed by atoms with Crippen molar-refractivity contribution < 1.29 is 0 Å². The Morgan fingerprint density at radius 2 is 2.15 bits per heavy atom. The highest BCUT2D eigenvalue weighted by atomic mass is 32.1. The summed E-state index contributed by atoms with van der Waals surface area (Å²) in [6.07, 6.45) is 3.39. The average molecular weight is 191 g/mol. The Balaban J connectivity index is 2.51. The lowest BCUT2D eigenvalue weighted by molar-refractivity contribution is 1.20. The fraction of sp³-hybridized carbons (Fsp3) is 0.111. The first-order chi connectivity index (χ1) is 6.42. The first-order valence-corrected chi connectivity index (χ1v) is 4.82. The fourth-order valence-corrected chi connectivity index (χ4v) is 1.84. The lowest BCUT2D eigenvalue weighted by atomic mass is 10.3. The maximum atomic E-state index is 4.28. The summed E-state index contributed by atoms with van der Waals surface area (Å²) in [5.41, 5.74) is 0.917. The molecule has 0 spiro atoms. The van der Waals surface area contributed by atoms with Gasteiger partial charge in [0.1, 0.15) is 5.69 Å². The molecule has 66 valence electrons. The monoisotopic (exact) mass is 191 g/mol. The van der Waals surface area contributed by atoms with Crippen LogP contribution < -0.4 is 5.32 Å². The highest BCUT2D eigenvalue weighted by Crippen LogP contribution is 2.26. The maximum Gasteiger partial charge on any atom is 0.153 e. The van der Waals surface area contributed by atoms with Gasteiger partial charge in [-0.3, -0.25) is 0 Å². The van der Waals surface area contributed by atoms with Gasteiger partial charge in [0.05, 0.1) is 4.88 Å². The molecule has 2 rings (SSSR count). The number of hydrogen-bond donors (Lipinski definition) is 1. The zero-order valence-corrected chi connectivity index (χ0v) is 8.01. The van der Waals surface area contributed by atoms with E-state index in [4.69, 9.17) is 0 Å². The van der Waals surface area contributed by atoms with Crippen molar-refractivity contribution in [1.82, 2.24) is 9.97 Å². The predicted molar refractivity (Wildman–Crippen MR) is 54.9 cm³/mol. The minimum absolute atomic E-state index is 0.824. The van der Waals surface area contributed by atoms with Gasteiger partial charge >= 0.3 is 0 Å². The van der Waals surface area contributed by atoms with Crippen LogP contribution in [0.3, 0.4) is 0 Å². The largest absolute Gasteiger partial charge is 0.371 e. The van der Waals surface area contributed by atoms with Crippen LogP contribution in [0.4, 0.5) is 5.82 Å². The highest BCUT2D eigenvalue weighted by molar-refractivity contribution is 7.13. The first kappa shape index (κ1) is 8.19. The number of rotatable bonds is 2. The molecule has 2 heterocycles. The second-order valence-electron chi connectivity index (χ2n) is 2.48. The molecule has 4 heteroatoms.